The van der Waals surface area contributed by atoms with Gasteiger partial charge in [0.05, 0.1) is 5.69 Å². The van der Waals surface area contributed by atoms with Crippen LogP contribution in [0.5, 0.6) is 0 Å². The standard InChI is InChI=1S/C15H18N2O/c1-10(2)17-8-15(12(4)16-17)14-6-5-13(9-18)7-11(14)3/h5-10H,1-4H3. The first-order chi connectivity index (χ1) is 8.52. The molecule has 0 fully saturated rings. The number of aromatic nitrogens is 2. The molecule has 0 aliphatic rings. The lowest BCUT2D eigenvalue weighted by molar-refractivity contribution is 0.112. The lowest BCUT2D eigenvalue weighted by atomic mass is 9.99. The molecule has 3 nitrogen and oxygen atoms in total. The van der Waals surface area contributed by atoms with Crippen molar-refractivity contribution in [3.8, 4) is 11.1 Å². The van der Waals surface area contributed by atoms with Crippen LogP contribution in [0, 0.1) is 13.8 Å². The summed E-state index contributed by atoms with van der Waals surface area (Å²) < 4.78 is 1.97. The minimum atomic E-state index is 0.354. The number of hydrogen-bond acceptors (Lipinski definition) is 2. The zero-order valence-corrected chi connectivity index (χ0v) is 11.3. The second-order valence-electron chi connectivity index (χ2n) is 4.89. The Bertz CT molecular complexity index is 582. The van der Waals surface area contributed by atoms with Crippen molar-refractivity contribution in [1.29, 1.82) is 0 Å². The van der Waals surface area contributed by atoms with E-state index in [1.807, 2.05) is 36.7 Å². The molecule has 18 heavy (non-hydrogen) atoms. The molecule has 1 aromatic carbocycles. The number of benzene rings is 1. The molecule has 94 valence electrons. The average molecular weight is 242 g/mol. The summed E-state index contributed by atoms with van der Waals surface area (Å²) in [5.74, 6) is 0. The van der Waals surface area contributed by atoms with Gasteiger partial charge in [0.1, 0.15) is 6.29 Å². The van der Waals surface area contributed by atoms with Gasteiger partial charge in [0.15, 0.2) is 0 Å². The van der Waals surface area contributed by atoms with Crippen molar-refractivity contribution in [1.82, 2.24) is 9.78 Å². The fourth-order valence-corrected chi connectivity index (χ4v) is 2.07. The van der Waals surface area contributed by atoms with E-state index in [2.05, 4.69) is 25.1 Å². The predicted molar refractivity (Wildman–Crippen MR) is 72.9 cm³/mol. The van der Waals surface area contributed by atoms with Gasteiger partial charge in [0.25, 0.3) is 0 Å². The molecule has 2 rings (SSSR count). The van der Waals surface area contributed by atoms with Gasteiger partial charge in [-0.2, -0.15) is 5.10 Å². The van der Waals surface area contributed by atoms with E-state index in [1.165, 1.54) is 0 Å². The van der Waals surface area contributed by atoms with Crippen LogP contribution in [0.2, 0.25) is 0 Å². The van der Waals surface area contributed by atoms with Crippen LogP contribution in [0.4, 0.5) is 0 Å². The van der Waals surface area contributed by atoms with Crippen molar-refractivity contribution < 1.29 is 4.79 Å². The highest BCUT2D eigenvalue weighted by atomic mass is 16.1. The first kappa shape index (κ1) is 12.6. The number of rotatable bonds is 3. The van der Waals surface area contributed by atoms with Crippen LogP contribution < -0.4 is 0 Å². The van der Waals surface area contributed by atoms with Crippen molar-refractivity contribution in [2.75, 3.05) is 0 Å². The summed E-state index contributed by atoms with van der Waals surface area (Å²) in [5.41, 5.74) is 5.12. The Balaban J connectivity index is 2.51. The fourth-order valence-electron chi connectivity index (χ4n) is 2.07. The molecule has 0 saturated carbocycles. The third-order valence-corrected chi connectivity index (χ3v) is 3.12. The molecular weight excluding hydrogens is 224 g/mol. The van der Waals surface area contributed by atoms with Crippen molar-refractivity contribution >= 4 is 6.29 Å². The largest absolute Gasteiger partial charge is 0.298 e. The van der Waals surface area contributed by atoms with E-state index in [0.29, 0.717) is 11.6 Å². The monoisotopic (exact) mass is 242 g/mol. The number of hydrogen-bond donors (Lipinski definition) is 0. The molecule has 0 radical (unpaired) electrons. The minimum absolute atomic E-state index is 0.354. The molecule has 2 aromatic rings. The smallest absolute Gasteiger partial charge is 0.150 e. The maximum Gasteiger partial charge on any atom is 0.150 e. The third-order valence-electron chi connectivity index (χ3n) is 3.12. The molecule has 3 heteroatoms. The van der Waals surface area contributed by atoms with Crippen molar-refractivity contribution in [3.63, 3.8) is 0 Å². The molecule has 0 N–H and O–H groups in total. The lowest BCUT2D eigenvalue weighted by Gasteiger charge is -2.05. The Kier molecular flexibility index (Phi) is 3.32. The molecule has 0 bridgehead atoms. The van der Waals surface area contributed by atoms with Gasteiger partial charge in [-0.15, -0.1) is 0 Å². The summed E-state index contributed by atoms with van der Waals surface area (Å²) >= 11 is 0. The Hall–Kier alpha value is -1.90. The SMILES string of the molecule is Cc1cc(C=O)ccc1-c1cn(C(C)C)nc1C. The highest BCUT2D eigenvalue weighted by molar-refractivity contribution is 5.78. The topological polar surface area (TPSA) is 34.9 Å². The number of carbonyl (C=O) groups is 1. The van der Waals surface area contributed by atoms with E-state index in [4.69, 9.17) is 0 Å². The maximum atomic E-state index is 10.8. The van der Waals surface area contributed by atoms with Gasteiger partial charge in [0, 0.05) is 23.4 Å². The second-order valence-corrected chi connectivity index (χ2v) is 4.89. The summed E-state index contributed by atoms with van der Waals surface area (Å²) in [4.78, 5) is 10.8. The normalized spacial score (nSPS) is 10.9. The Morgan fingerprint density at radius 2 is 1.94 bits per heavy atom. The lowest BCUT2D eigenvalue weighted by Crippen LogP contribution is -2.00. The Morgan fingerprint density at radius 3 is 2.44 bits per heavy atom. The summed E-state index contributed by atoms with van der Waals surface area (Å²) in [6.07, 6.45) is 2.95. The van der Waals surface area contributed by atoms with Gasteiger partial charge in [0.2, 0.25) is 0 Å². The van der Waals surface area contributed by atoms with Crippen LogP contribution in [0.3, 0.4) is 0 Å². The molecule has 1 aromatic heterocycles. The minimum Gasteiger partial charge on any atom is -0.298 e. The van der Waals surface area contributed by atoms with Gasteiger partial charge in [-0.05, 0) is 44.9 Å². The fraction of sp³-hybridized carbons (Fsp3) is 0.333. The van der Waals surface area contributed by atoms with E-state index in [0.717, 1.165) is 28.7 Å². The highest BCUT2D eigenvalue weighted by Gasteiger charge is 2.11. The maximum absolute atomic E-state index is 10.8. The molecule has 0 aliphatic carbocycles. The van der Waals surface area contributed by atoms with Crippen LogP contribution in [-0.4, -0.2) is 16.1 Å². The van der Waals surface area contributed by atoms with E-state index in [9.17, 15) is 4.79 Å². The van der Waals surface area contributed by atoms with Crippen molar-refractivity contribution in [2.45, 2.75) is 33.7 Å². The number of carbonyl (C=O) groups excluding carboxylic acids is 1. The molecule has 0 aliphatic heterocycles. The molecule has 0 saturated heterocycles. The Morgan fingerprint density at radius 1 is 1.22 bits per heavy atom. The average Bonchev–Trinajstić information content (AvgIpc) is 2.71. The van der Waals surface area contributed by atoms with E-state index in [1.54, 1.807) is 0 Å². The third kappa shape index (κ3) is 2.21. The van der Waals surface area contributed by atoms with E-state index >= 15 is 0 Å². The zero-order valence-electron chi connectivity index (χ0n) is 11.3. The van der Waals surface area contributed by atoms with Crippen LogP contribution in [0.25, 0.3) is 11.1 Å². The number of aldehydes is 1. The van der Waals surface area contributed by atoms with Crippen molar-refractivity contribution in [2.24, 2.45) is 0 Å². The summed E-state index contributed by atoms with van der Waals surface area (Å²) in [6.45, 7) is 8.26. The summed E-state index contributed by atoms with van der Waals surface area (Å²) in [5, 5.41) is 4.52. The Labute approximate surface area is 107 Å². The first-order valence-corrected chi connectivity index (χ1v) is 6.15. The molecule has 0 amide bonds. The second kappa shape index (κ2) is 4.77. The summed E-state index contributed by atoms with van der Waals surface area (Å²) in [7, 11) is 0. The van der Waals surface area contributed by atoms with E-state index < -0.39 is 0 Å². The first-order valence-electron chi connectivity index (χ1n) is 6.15. The predicted octanol–water partition coefficient (Wildman–Crippen LogP) is 3.56. The van der Waals surface area contributed by atoms with Crippen LogP contribution in [0.1, 0.15) is 41.5 Å². The van der Waals surface area contributed by atoms with Crippen molar-refractivity contribution in [3.05, 3.63) is 41.2 Å². The van der Waals surface area contributed by atoms with Crippen LogP contribution in [0.15, 0.2) is 24.4 Å². The zero-order chi connectivity index (χ0) is 13.3. The molecule has 0 atom stereocenters. The highest BCUT2D eigenvalue weighted by Crippen LogP contribution is 2.27. The number of nitrogens with zero attached hydrogens (tertiary/aromatic N) is 2. The quantitative estimate of drug-likeness (QED) is 0.771. The van der Waals surface area contributed by atoms with Crippen LogP contribution >= 0.6 is 0 Å². The van der Waals surface area contributed by atoms with E-state index in [-0.39, 0.29) is 0 Å². The van der Waals surface area contributed by atoms with Gasteiger partial charge >= 0.3 is 0 Å². The molecule has 1 heterocycles. The molecule has 0 spiro atoms. The number of aryl methyl sites for hydroxylation is 2. The molecule has 0 unspecified atom stereocenters. The van der Waals surface area contributed by atoms with Gasteiger partial charge < -0.3 is 0 Å². The molecular formula is C15H18N2O. The van der Waals surface area contributed by atoms with Gasteiger partial charge in [-0.25, -0.2) is 0 Å². The summed E-state index contributed by atoms with van der Waals surface area (Å²) in [6, 6.07) is 6.11. The van der Waals surface area contributed by atoms with Crippen LogP contribution in [-0.2, 0) is 0 Å². The van der Waals surface area contributed by atoms with Gasteiger partial charge in [-0.3, -0.25) is 9.48 Å². The van der Waals surface area contributed by atoms with Gasteiger partial charge in [-0.1, -0.05) is 12.1 Å².